The summed E-state index contributed by atoms with van der Waals surface area (Å²) >= 11 is 0. The average molecular weight is 612 g/mol. The average Bonchev–Trinajstić information content (AvgIpc) is 3.79. The second-order valence-corrected chi connectivity index (χ2v) is 12.4. The Morgan fingerprint density at radius 2 is 0.667 bits per heavy atom. The molecule has 11 rings (SSSR count). The SMILES string of the molecule is c1ccc2c(c1)-c1cccc3c(-c4nc(-n5c6ccccc6c6ccccc65)nc(-n5c6ccccc6c6ccccc65)n4)ccc-2c13. The van der Waals surface area contributed by atoms with Crippen molar-refractivity contribution in [2.24, 2.45) is 0 Å². The van der Waals surface area contributed by atoms with E-state index in [2.05, 4.69) is 161 Å². The van der Waals surface area contributed by atoms with Gasteiger partial charge < -0.3 is 0 Å². The number of fused-ring (bicyclic) bond motifs is 9. The molecule has 7 aromatic carbocycles. The zero-order valence-electron chi connectivity index (χ0n) is 25.7. The number of hydrogen-bond donors (Lipinski definition) is 0. The molecular weight excluding hydrogens is 587 g/mol. The van der Waals surface area contributed by atoms with Crippen LogP contribution in [0.2, 0.25) is 0 Å². The maximum Gasteiger partial charge on any atom is 0.240 e. The summed E-state index contributed by atoms with van der Waals surface area (Å²) in [5.41, 5.74) is 10.2. The molecule has 0 N–H and O–H groups in total. The van der Waals surface area contributed by atoms with Crippen LogP contribution in [-0.4, -0.2) is 24.1 Å². The van der Waals surface area contributed by atoms with Crippen LogP contribution in [0.3, 0.4) is 0 Å². The van der Waals surface area contributed by atoms with Crippen LogP contribution in [0.5, 0.6) is 0 Å². The first kappa shape index (κ1) is 25.6. The van der Waals surface area contributed by atoms with E-state index >= 15 is 0 Å². The van der Waals surface area contributed by atoms with E-state index in [9.17, 15) is 0 Å². The van der Waals surface area contributed by atoms with Crippen LogP contribution in [0.25, 0.3) is 99.9 Å². The first-order valence-corrected chi connectivity index (χ1v) is 16.2. The van der Waals surface area contributed by atoms with E-state index in [0.29, 0.717) is 17.7 Å². The topological polar surface area (TPSA) is 48.5 Å². The summed E-state index contributed by atoms with van der Waals surface area (Å²) in [6.45, 7) is 0. The van der Waals surface area contributed by atoms with Crippen LogP contribution < -0.4 is 0 Å². The van der Waals surface area contributed by atoms with Gasteiger partial charge in [0.15, 0.2) is 5.82 Å². The van der Waals surface area contributed by atoms with Crippen molar-refractivity contribution in [3.05, 3.63) is 152 Å². The molecule has 5 nitrogen and oxygen atoms in total. The van der Waals surface area contributed by atoms with Crippen molar-refractivity contribution in [2.75, 3.05) is 0 Å². The van der Waals surface area contributed by atoms with Gasteiger partial charge >= 0.3 is 0 Å². The third-order valence-corrected chi connectivity index (χ3v) is 9.96. The van der Waals surface area contributed by atoms with E-state index in [1.165, 1.54) is 27.6 Å². The molecule has 3 aromatic heterocycles. The molecule has 1 aliphatic rings. The highest BCUT2D eigenvalue weighted by Gasteiger charge is 2.25. The van der Waals surface area contributed by atoms with Gasteiger partial charge in [0.05, 0.1) is 22.1 Å². The fourth-order valence-electron chi connectivity index (χ4n) is 7.95. The predicted octanol–water partition coefficient (Wildman–Crippen LogP) is 10.5. The Labute approximate surface area is 275 Å². The van der Waals surface area contributed by atoms with Gasteiger partial charge in [-0.25, -0.2) is 0 Å². The number of benzene rings is 7. The normalized spacial score (nSPS) is 12.2. The molecule has 0 aliphatic heterocycles. The lowest BCUT2D eigenvalue weighted by Gasteiger charge is -2.14. The zero-order valence-corrected chi connectivity index (χ0v) is 25.7. The third-order valence-electron chi connectivity index (χ3n) is 9.96. The lowest BCUT2D eigenvalue weighted by Crippen LogP contribution is -2.10. The van der Waals surface area contributed by atoms with Crippen molar-refractivity contribution < 1.29 is 0 Å². The Bertz CT molecular complexity index is 2700. The van der Waals surface area contributed by atoms with Gasteiger partial charge in [-0.2, -0.15) is 15.0 Å². The predicted molar refractivity (Wildman–Crippen MR) is 196 cm³/mol. The van der Waals surface area contributed by atoms with Crippen molar-refractivity contribution in [2.45, 2.75) is 0 Å². The van der Waals surface area contributed by atoms with Gasteiger partial charge in [-0.1, -0.05) is 121 Å². The quantitative estimate of drug-likeness (QED) is 0.200. The Hall–Kier alpha value is -6.59. The van der Waals surface area contributed by atoms with E-state index in [0.717, 1.165) is 54.6 Å². The molecule has 0 saturated heterocycles. The van der Waals surface area contributed by atoms with E-state index in [1.54, 1.807) is 0 Å². The highest BCUT2D eigenvalue weighted by Crippen LogP contribution is 2.49. The van der Waals surface area contributed by atoms with Crippen molar-refractivity contribution in [1.29, 1.82) is 0 Å². The fraction of sp³-hybridized carbons (Fsp3) is 0. The molecule has 0 atom stereocenters. The van der Waals surface area contributed by atoms with Gasteiger partial charge in [-0.05, 0) is 63.4 Å². The number of nitrogens with zero attached hydrogens (tertiary/aromatic N) is 5. The molecule has 0 saturated carbocycles. The summed E-state index contributed by atoms with van der Waals surface area (Å²) < 4.78 is 4.37. The Balaban J connectivity index is 1.27. The smallest absolute Gasteiger partial charge is 0.240 e. The van der Waals surface area contributed by atoms with Crippen molar-refractivity contribution in [3.8, 4) is 45.5 Å². The molecule has 5 heteroatoms. The number of aromatic nitrogens is 5. The maximum atomic E-state index is 5.32. The molecule has 0 amide bonds. The van der Waals surface area contributed by atoms with Crippen molar-refractivity contribution >= 4 is 54.4 Å². The first-order valence-electron chi connectivity index (χ1n) is 16.2. The van der Waals surface area contributed by atoms with Gasteiger partial charge in [0.25, 0.3) is 0 Å². The summed E-state index contributed by atoms with van der Waals surface area (Å²) in [4.78, 5) is 16.0. The summed E-state index contributed by atoms with van der Waals surface area (Å²) in [6, 6.07) is 53.6. The number of para-hydroxylation sites is 4. The van der Waals surface area contributed by atoms with Crippen LogP contribution in [0, 0.1) is 0 Å². The standard InChI is InChI=1S/C43H25N5/c1-2-13-27-26(12-1)32-18-11-19-33-35(25-24-34(27)40(32)33)41-44-42(47-36-20-7-3-14-28(36)29-15-4-8-21-37(29)47)46-43(45-41)48-38-22-9-5-16-30(38)31-17-6-10-23-39(31)48/h1-25H. The highest BCUT2D eigenvalue weighted by molar-refractivity contribution is 6.18. The summed E-state index contributed by atoms with van der Waals surface area (Å²) in [5, 5.41) is 7.03. The monoisotopic (exact) mass is 611 g/mol. The molecule has 222 valence electrons. The second kappa shape index (κ2) is 9.47. The molecule has 0 unspecified atom stereocenters. The largest absolute Gasteiger partial charge is 0.278 e. The van der Waals surface area contributed by atoms with E-state index < -0.39 is 0 Å². The van der Waals surface area contributed by atoms with Crippen LogP contribution >= 0.6 is 0 Å². The molecule has 48 heavy (non-hydrogen) atoms. The van der Waals surface area contributed by atoms with Gasteiger partial charge in [0.1, 0.15) is 0 Å². The molecule has 3 heterocycles. The molecule has 10 aromatic rings. The Morgan fingerprint density at radius 3 is 1.17 bits per heavy atom. The van der Waals surface area contributed by atoms with Crippen LogP contribution in [-0.2, 0) is 0 Å². The van der Waals surface area contributed by atoms with Crippen LogP contribution in [0.4, 0.5) is 0 Å². The van der Waals surface area contributed by atoms with Crippen LogP contribution in [0.1, 0.15) is 0 Å². The van der Waals surface area contributed by atoms with Gasteiger partial charge in [0, 0.05) is 27.1 Å². The summed E-state index contributed by atoms with van der Waals surface area (Å²) in [5.74, 6) is 1.81. The lowest BCUT2D eigenvalue weighted by molar-refractivity contribution is 0.893. The minimum absolute atomic E-state index is 0.584. The molecular formula is C43H25N5. The zero-order chi connectivity index (χ0) is 31.3. The van der Waals surface area contributed by atoms with E-state index in [1.807, 2.05) is 0 Å². The molecule has 0 bridgehead atoms. The van der Waals surface area contributed by atoms with Gasteiger partial charge in [-0.15, -0.1) is 0 Å². The maximum absolute atomic E-state index is 5.32. The van der Waals surface area contributed by atoms with E-state index in [4.69, 9.17) is 15.0 Å². The molecule has 1 aliphatic carbocycles. The Kier molecular flexibility index (Phi) is 5.05. The minimum atomic E-state index is 0.584. The van der Waals surface area contributed by atoms with E-state index in [-0.39, 0.29) is 0 Å². The van der Waals surface area contributed by atoms with Crippen molar-refractivity contribution in [1.82, 2.24) is 24.1 Å². The highest BCUT2D eigenvalue weighted by atomic mass is 15.3. The molecule has 0 radical (unpaired) electrons. The lowest BCUT2D eigenvalue weighted by atomic mass is 9.98. The molecule has 0 spiro atoms. The van der Waals surface area contributed by atoms with Gasteiger partial charge in [-0.3, -0.25) is 9.13 Å². The summed E-state index contributed by atoms with van der Waals surface area (Å²) in [7, 11) is 0. The molecule has 0 fully saturated rings. The fourth-order valence-corrected chi connectivity index (χ4v) is 7.95. The Morgan fingerprint density at radius 1 is 0.292 bits per heavy atom. The van der Waals surface area contributed by atoms with Gasteiger partial charge in [0.2, 0.25) is 11.9 Å². The number of rotatable bonds is 3. The first-order chi connectivity index (χ1) is 23.8. The second-order valence-electron chi connectivity index (χ2n) is 12.4. The minimum Gasteiger partial charge on any atom is -0.278 e. The van der Waals surface area contributed by atoms with Crippen LogP contribution in [0.15, 0.2) is 152 Å². The number of hydrogen-bond acceptors (Lipinski definition) is 3. The summed E-state index contributed by atoms with van der Waals surface area (Å²) in [6.07, 6.45) is 0. The van der Waals surface area contributed by atoms with Crippen molar-refractivity contribution in [3.63, 3.8) is 0 Å². The third kappa shape index (κ3) is 3.37.